The Labute approximate surface area is 155 Å². The highest BCUT2D eigenvalue weighted by Crippen LogP contribution is 2.28. The minimum atomic E-state index is -1.23. The number of nitrogens with zero attached hydrogens (tertiary/aromatic N) is 6. The molecule has 11 heteroatoms. The van der Waals surface area contributed by atoms with E-state index < -0.39 is 10.8 Å². The largest absolute Gasteiger partial charge is 0.436 e. The second-order valence-electron chi connectivity index (χ2n) is 6.39. The summed E-state index contributed by atoms with van der Waals surface area (Å²) in [5.41, 5.74) is 1.61. The van der Waals surface area contributed by atoms with Crippen molar-refractivity contribution >= 4 is 22.0 Å². The van der Waals surface area contributed by atoms with E-state index in [1.807, 2.05) is 0 Å². The minimum Gasteiger partial charge on any atom is -0.436 e. The van der Waals surface area contributed by atoms with Gasteiger partial charge in [-0.05, 0) is 31.4 Å². The molecule has 138 valence electrons. The van der Waals surface area contributed by atoms with Crippen molar-refractivity contribution in [2.24, 2.45) is 0 Å². The Bertz CT molecular complexity index is 1120. The van der Waals surface area contributed by atoms with E-state index in [0.29, 0.717) is 46.2 Å². The monoisotopic (exact) mass is 385 g/mol. The van der Waals surface area contributed by atoms with Gasteiger partial charge < -0.3 is 9.52 Å². The number of fused-ring (bicyclic) bond motifs is 1. The number of hydrogen-bond donors (Lipinski definition) is 2. The second-order valence-corrected chi connectivity index (χ2v) is 8.13. The molecule has 4 aromatic rings. The van der Waals surface area contributed by atoms with Crippen LogP contribution >= 0.6 is 0 Å². The van der Waals surface area contributed by atoms with Crippen LogP contribution in [0.5, 0.6) is 0 Å². The van der Waals surface area contributed by atoms with Crippen LogP contribution in [-0.4, -0.2) is 56.1 Å². The number of H-pyrrole nitrogens is 1. The SMILES string of the molecule is O=S(c1cnc2c(c1)nnn2-c1ccc(-c2cn[nH]n2)o1)C1CCC(O)C1. The summed E-state index contributed by atoms with van der Waals surface area (Å²) >= 11 is 0. The third kappa shape index (κ3) is 2.84. The highest BCUT2D eigenvalue weighted by Gasteiger charge is 2.29. The van der Waals surface area contributed by atoms with Gasteiger partial charge in [-0.1, -0.05) is 5.21 Å². The highest BCUT2D eigenvalue weighted by atomic mass is 32.2. The number of hydrogen-bond acceptors (Lipinski definition) is 8. The number of aliphatic hydroxyl groups excluding tert-OH is 1. The van der Waals surface area contributed by atoms with E-state index in [0.717, 1.165) is 6.42 Å². The van der Waals surface area contributed by atoms with E-state index in [9.17, 15) is 9.32 Å². The van der Waals surface area contributed by atoms with Crippen LogP contribution in [-0.2, 0) is 10.8 Å². The summed E-state index contributed by atoms with van der Waals surface area (Å²) in [6, 6.07) is 5.23. The molecule has 0 radical (unpaired) electrons. The average Bonchev–Trinajstić information content (AvgIpc) is 3.45. The number of pyridine rings is 1. The van der Waals surface area contributed by atoms with E-state index in [1.54, 1.807) is 30.6 Å². The quantitative estimate of drug-likeness (QED) is 0.535. The Balaban J connectivity index is 1.46. The first-order valence-corrected chi connectivity index (χ1v) is 9.67. The first-order chi connectivity index (χ1) is 13.2. The third-order valence-corrected chi connectivity index (χ3v) is 6.35. The van der Waals surface area contributed by atoms with Gasteiger partial charge in [-0.15, -0.1) is 5.10 Å². The molecule has 0 amide bonds. The Morgan fingerprint density at radius 1 is 1.30 bits per heavy atom. The summed E-state index contributed by atoms with van der Waals surface area (Å²) in [4.78, 5) is 4.98. The normalized spacial score (nSPS) is 21.1. The Morgan fingerprint density at radius 2 is 2.22 bits per heavy atom. The van der Waals surface area contributed by atoms with Crippen LogP contribution < -0.4 is 0 Å². The molecule has 4 aromatic heterocycles. The van der Waals surface area contributed by atoms with Crippen LogP contribution in [0.15, 0.2) is 39.9 Å². The van der Waals surface area contributed by atoms with E-state index >= 15 is 0 Å². The lowest BCUT2D eigenvalue weighted by Crippen LogP contribution is -2.13. The van der Waals surface area contributed by atoms with Crippen molar-refractivity contribution in [3.05, 3.63) is 30.6 Å². The fourth-order valence-electron chi connectivity index (χ4n) is 3.26. The fourth-order valence-corrected chi connectivity index (χ4v) is 4.78. The maximum atomic E-state index is 12.7. The van der Waals surface area contributed by atoms with Gasteiger partial charge in [-0.3, -0.25) is 4.21 Å². The molecule has 4 heterocycles. The summed E-state index contributed by atoms with van der Waals surface area (Å²) < 4.78 is 20.0. The number of furan rings is 1. The molecule has 1 fully saturated rings. The fraction of sp³-hybridized carbons (Fsp3) is 0.312. The van der Waals surface area contributed by atoms with Crippen molar-refractivity contribution in [3.8, 4) is 17.3 Å². The van der Waals surface area contributed by atoms with Crippen LogP contribution in [0, 0.1) is 0 Å². The van der Waals surface area contributed by atoms with Crippen molar-refractivity contribution in [2.45, 2.75) is 35.5 Å². The van der Waals surface area contributed by atoms with Gasteiger partial charge in [0.05, 0.1) is 28.0 Å². The molecular weight excluding hydrogens is 370 g/mol. The molecule has 1 aliphatic rings. The lowest BCUT2D eigenvalue weighted by atomic mass is 10.3. The summed E-state index contributed by atoms with van der Waals surface area (Å²) in [6.07, 6.45) is 4.75. The standard InChI is InChI=1S/C16H15N7O3S/c24-9-1-2-10(5-9)27(25)11-6-12-16(17-7-11)23(22-20-12)15-4-3-14(26-15)13-8-18-21-19-13/h3-4,6-10,24H,1-2,5H2,(H,18,19,21). The van der Waals surface area contributed by atoms with Crippen LogP contribution in [0.4, 0.5) is 0 Å². The molecular formula is C16H15N7O3S. The summed E-state index contributed by atoms with van der Waals surface area (Å²) in [6.45, 7) is 0. The number of rotatable bonds is 4. The molecule has 0 aromatic carbocycles. The Morgan fingerprint density at radius 3 is 3.00 bits per heavy atom. The minimum absolute atomic E-state index is 0.0515. The predicted octanol–water partition coefficient (Wildman–Crippen LogP) is 1.21. The molecule has 0 aliphatic heterocycles. The molecule has 0 saturated heterocycles. The van der Waals surface area contributed by atoms with Gasteiger partial charge in [-0.2, -0.15) is 20.1 Å². The Kier molecular flexibility index (Phi) is 3.83. The van der Waals surface area contributed by atoms with Gasteiger partial charge in [0, 0.05) is 17.5 Å². The first kappa shape index (κ1) is 16.3. The number of aliphatic hydroxyl groups is 1. The Hall–Kier alpha value is -2.92. The van der Waals surface area contributed by atoms with Crippen LogP contribution in [0.2, 0.25) is 0 Å². The molecule has 1 saturated carbocycles. The van der Waals surface area contributed by atoms with E-state index in [2.05, 4.69) is 30.7 Å². The zero-order chi connectivity index (χ0) is 18.4. The zero-order valence-electron chi connectivity index (χ0n) is 14.0. The van der Waals surface area contributed by atoms with Gasteiger partial charge >= 0.3 is 0 Å². The molecule has 27 heavy (non-hydrogen) atoms. The van der Waals surface area contributed by atoms with Crippen LogP contribution in [0.1, 0.15) is 19.3 Å². The van der Waals surface area contributed by atoms with Crippen molar-refractivity contribution in [1.82, 2.24) is 35.4 Å². The van der Waals surface area contributed by atoms with E-state index in [1.165, 1.54) is 4.68 Å². The van der Waals surface area contributed by atoms with E-state index in [4.69, 9.17) is 4.42 Å². The van der Waals surface area contributed by atoms with Crippen molar-refractivity contribution < 1.29 is 13.7 Å². The molecule has 2 N–H and O–H groups in total. The van der Waals surface area contributed by atoms with E-state index in [-0.39, 0.29) is 11.4 Å². The number of aromatic nitrogens is 7. The maximum Gasteiger partial charge on any atom is 0.224 e. The molecule has 10 nitrogen and oxygen atoms in total. The highest BCUT2D eigenvalue weighted by molar-refractivity contribution is 7.85. The molecule has 3 unspecified atom stereocenters. The average molecular weight is 385 g/mol. The smallest absolute Gasteiger partial charge is 0.224 e. The molecule has 1 aliphatic carbocycles. The zero-order valence-corrected chi connectivity index (χ0v) is 14.8. The number of nitrogens with one attached hydrogen (secondary N) is 1. The molecule has 3 atom stereocenters. The summed E-state index contributed by atoms with van der Waals surface area (Å²) in [7, 11) is -1.23. The number of aromatic amines is 1. The summed E-state index contributed by atoms with van der Waals surface area (Å²) in [5.74, 6) is 0.982. The predicted molar refractivity (Wildman–Crippen MR) is 94.4 cm³/mol. The van der Waals surface area contributed by atoms with Crippen molar-refractivity contribution in [2.75, 3.05) is 0 Å². The van der Waals surface area contributed by atoms with Gasteiger partial charge in [0.2, 0.25) is 5.88 Å². The second kappa shape index (κ2) is 6.35. The van der Waals surface area contributed by atoms with Crippen molar-refractivity contribution in [1.29, 1.82) is 0 Å². The van der Waals surface area contributed by atoms with Gasteiger partial charge in [-0.25, -0.2) is 4.98 Å². The van der Waals surface area contributed by atoms with Gasteiger partial charge in [0.15, 0.2) is 11.4 Å². The third-order valence-electron chi connectivity index (χ3n) is 4.62. The summed E-state index contributed by atoms with van der Waals surface area (Å²) in [5, 5.41) is 28.1. The van der Waals surface area contributed by atoms with Gasteiger partial charge in [0.1, 0.15) is 11.2 Å². The first-order valence-electron chi connectivity index (χ1n) is 8.45. The molecule has 0 bridgehead atoms. The van der Waals surface area contributed by atoms with Crippen LogP contribution in [0.3, 0.4) is 0 Å². The van der Waals surface area contributed by atoms with Crippen LogP contribution in [0.25, 0.3) is 28.5 Å². The lowest BCUT2D eigenvalue weighted by Gasteiger charge is -2.08. The van der Waals surface area contributed by atoms with Crippen molar-refractivity contribution in [3.63, 3.8) is 0 Å². The molecule has 0 spiro atoms. The topological polar surface area (TPSA) is 136 Å². The van der Waals surface area contributed by atoms with Gasteiger partial charge in [0.25, 0.3) is 0 Å². The molecule has 5 rings (SSSR count). The lowest BCUT2D eigenvalue weighted by molar-refractivity contribution is 0.183. The maximum absolute atomic E-state index is 12.7.